The van der Waals surface area contributed by atoms with Crippen molar-refractivity contribution in [1.29, 1.82) is 0 Å². The van der Waals surface area contributed by atoms with Gasteiger partial charge in [-0.15, -0.1) is 0 Å². The molecular weight excluding hydrogens is 230 g/mol. The van der Waals surface area contributed by atoms with E-state index in [1.165, 1.54) is 0 Å². The first-order valence-corrected chi connectivity index (χ1v) is 7.14. The molecule has 112 valence electrons. The standard InChI is InChI=1S/C10H21NO3.2C2H6/c1-12-4-3-11-7-10(8-11)9-14-6-5-13-2;2*1-2/h10H,3-9H2,1-2H3;2*1-2H3. The molecule has 4 nitrogen and oxygen atoms in total. The molecule has 0 saturated carbocycles. The van der Waals surface area contributed by atoms with Crippen molar-refractivity contribution in [2.45, 2.75) is 27.7 Å². The molecule has 1 fully saturated rings. The first-order chi connectivity index (χ1) is 8.86. The smallest absolute Gasteiger partial charge is 0.0700 e. The van der Waals surface area contributed by atoms with E-state index in [-0.39, 0.29) is 0 Å². The van der Waals surface area contributed by atoms with Crippen molar-refractivity contribution in [3.8, 4) is 0 Å². The molecule has 0 spiro atoms. The Morgan fingerprint density at radius 3 is 1.94 bits per heavy atom. The maximum atomic E-state index is 5.45. The molecule has 0 atom stereocenters. The van der Waals surface area contributed by atoms with Crippen LogP contribution in [-0.4, -0.2) is 65.2 Å². The Labute approximate surface area is 114 Å². The van der Waals surface area contributed by atoms with Crippen molar-refractivity contribution < 1.29 is 14.2 Å². The Balaban J connectivity index is 0. The third kappa shape index (κ3) is 11.0. The quantitative estimate of drug-likeness (QED) is 0.629. The molecule has 1 saturated heterocycles. The number of methoxy groups -OCH3 is 2. The maximum Gasteiger partial charge on any atom is 0.0700 e. The lowest BCUT2D eigenvalue weighted by atomic mass is 10.0. The highest BCUT2D eigenvalue weighted by Gasteiger charge is 2.25. The van der Waals surface area contributed by atoms with Gasteiger partial charge in [-0.25, -0.2) is 0 Å². The lowest BCUT2D eigenvalue weighted by molar-refractivity contribution is -0.00904. The van der Waals surface area contributed by atoms with Gasteiger partial charge in [0.2, 0.25) is 0 Å². The third-order valence-corrected chi connectivity index (χ3v) is 2.43. The van der Waals surface area contributed by atoms with Crippen LogP contribution >= 0.6 is 0 Å². The van der Waals surface area contributed by atoms with Crippen LogP contribution in [0.4, 0.5) is 0 Å². The summed E-state index contributed by atoms with van der Waals surface area (Å²) in [7, 11) is 3.43. The predicted octanol–water partition coefficient (Wildman–Crippen LogP) is 2.28. The highest BCUT2D eigenvalue weighted by atomic mass is 16.5. The van der Waals surface area contributed by atoms with Crippen LogP contribution in [0.1, 0.15) is 27.7 Å². The summed E-state index contributed by atoms with van der Waals surface area (Å²) in [5.41, 5.74) is 0. The zero-order valence-corrected chi connectivity index (χ0v) is 13.2. The van der Waals surface area contributed by atoms with Crippen LogP contribution < -0.4 is 0 Å². The fraction of sp³-hybridized carbons (Fsp3) is 1.00. The fourth-order valence-corrected chi connectivity index (χ4v) is 1.58. The first-order valence-electron chi connectivity index (χ1n) is 7.14. The van der Waals surface area contributed by atoms with E-state index in [1.807, 2.05) is 27.7 Å². The Kier molecular flexibility index (Phi) is 18.9. The molecule has 1 aliphatic heterocycles. The molecule has 4 heteroatoms. The van der Waals surface area contributed by atoms with E-state index in [0.29, 0.717) is 19.1 Å². The van der Waals surface area contributed by atoms with Crippen molar-refractivity contribution in [2.24, 2.45) is 5.92 Å². The number of hydrogen-bond acceptors (Lipinski definition) is 4. The van der Waals surface area contributed by atoms with Crippen LogP contribution in [0.15, 0.2) is 0 Å². The summed E-state index contributed by atoms with van der Waals surface area (Å²) in [5.74, 6) is 0.712. The van der Waals surface area contributed by atoms with Crippen LogP contribution in [0.2, 0.25) is 0 Å². The van der Waals surface area contributed by atoms with Gasteiger partial charge in [0.05, 0.1) is 26.4 Å². The van der Waals surface area contributed by atoms with Crippen molar-refractivity contribution in [3.05, 3.63) is 0 Å². The number of ether oxygens (including phenoxy) is 3. The molecule has 0 aromatic heterocycles. The molecule has 0 aromatic rings. The zero-order chi connectivity index (χ0) is 14.2. The molecule has 0 aliphatic carbocycles. The Hall–Kier alpha value is -0.160. The minimum atomic E-state index is 0.695. The van der Waals surface area contributed by atoms with Gasteiger partial charge in [-0.05, 0) is 0 Å². The van der Waals surface area contributed by atoms with E-state index in [9.17, 15) is 0 Å². The second-order valence-electron chi connectivity index (χ2n) is 3.69. The Morgan fingerprint density at radius 2 is 1.44 bits per heavy atom. The lowest BCUT2D eigenvalue weighted by Gasteiger charge is -2.38. The van der Waals surface area contributed by atoms with Crippen molar-refractivity contribution >= 4 is 0 Å². The summed E-state index contributed by atoms with van der Waals surface area (Å²) in [6.07, 6.45) is 0. The molecule has 0 N–H and O–H groups in total. The van der Waals surface area contributed by atoms with Crippen molar-refractivity contribution in [2.75, 3.05) is 60.3 Å². The van der Waals surface area contributed by atoms with Gasteiger partial charge in [-0.1, -0.05) is 27.7 Å². The van der Waals surface area contributed by atoms with Gasteiger partial charge < -0.3 is 19.1 Å². The van der Waals surface area contributed by atoms with Crippen LogP contribution in [0.25, 0.3) is 0 Å². The van der Waals surface area contributed by atoms with E-state index in [1.54, 1.807) is 14.2 Å². The van der Waals surface area contributed by atoms with Crippen molar-refractivity contribution in [1.82, 2.24) is 4.90 Å². The van der Waals surface area contributed by atoms with E-state index in [4.69, 9.17) is 14.2 Å². The van der Waals surface area contributed by atoms with Crippen molar-refractivity contribution in [3.63, 3.8) is 0 Å². The van der Waals surface area contributed by atoms with E-state index < -0.39 is 0 Å². The van der Waals surface area contributed by atoms with Crippen LogP contribution in [-0.2, 0) is 14.2 Å². The minimum Gasteiger partial charge on any atom is -0.383 e. The first kappa shape index (κ1) is 20.2. The second-order valence-corrected chi connectivity index (χ2v) is 3.69. The van der Waals surface area contributed by atoms with Gasteiger partial charge in [-0.3, -0.25) is 0 Å². The molecule has 0 radical (unpaired) electrons. The Morgan fingerprint density at radius 1 is 0.889 bits per heavy atom. The van der Waals surface area contributed by atoms with E-state index >= 15 is 0 Å². The highest BCUT2D eigenvalue weighted by Crippen LogP contribution is 2.14. The molecule has 1 heterocycles. The van der Waals surface area contributed by atoms with Crippen LogP contribution in [0, 0.1) is 5.92 Å². The maximum absolute atomic E-state index is 5.45. The highest BCUT2D eigenvalue weighted by molar-refractivity contribution is 4.79. The van der Waals surface area contributed by atoms with Crippen LogP contribution in [0.5, 0.6) is 0 Å². The normalized spacial score (nSPS) is 15.0. The van der Waals surface area contributed by atoms with Crippen LogP contribution in [0.3, 0.4) is 0 Å². The molecular formula is C14H33NO3. The minimum absolute atomic E-state index is 0.695. The fourth-order valence-electron chi connectivity index (χ4n) is 1.58. The molecule has 0 amide bonds. The molecule has 0 unspecified atom stereocenters. The molecule has 0 bridgehead atoms. The molecule has 1 rings (SSSR count). The van der Waals surface area contributed by atoms with Gasteiger partial charge in [-0.2, -0.15) is 0 Å². The number of hydrogen-bond donors (Lipinski definition) is 0. The van der Waals surface area contributed by atoms with Gasteiger partial charge >= 0.3 is 0 Å². The molecule has 1 aliphatic rings. The Bertz CT molecular complexity index is 136. The largest absolute Gasteiger partial charge is 0.383 e. The summed E-state index contributed by atoms with van der Waals surface area (Å²) in [6, 6.07) is 0. The second kappa shape index (κ2) is 16.8. The summed E-state index contributed by atoms with van der Waals surface area (Å²) in [5, 5.41) is 0. The third-order valence-electron chi connectivity index (χ3n) is 2.43. The molecule has 18 heavy (non-hydrogen) atoms. The SMILES string of the molecule is CC.CC.COCCOCC1CN(CCOC)C1. The summed E-state index contributed by atoms with van der Waals surface area (Å²) in [6.45, 7) is 14.5. The average molecular weight is 263 g/mol. The average Bonchev–Trinajstić information content (AvgIpc) is 2.40. The topological polar surface area (TPSA) is 30.9 Å². The van der Waals surface area contributed by atoms with Gasteiger partial charge in [0.15, 0.2) is 0 Å². The lowest BCUT2D eigenvalue weighted by Crippen LogP contribution is -2.49. The number of likely N-dealkylation sites (tertiary alicyclic amines) is 1. The predicted molar refractivity (Wildman–Crippen MR) is 77.2 cm³/mol. The summed E-state index contributed by atoms with van der Waals surface area (Å²) >= 11 is 0. The van der Waals surface area contributed by atoms with Gasteiger partial charge in [0.1, 0.15) is 0 Å². The summed E-state index contributed by atoms with van der Waals surface area (Å²) < 4.78 is 15.4. The zero-order valence-electron chi connectivity index (χ0n) is 13.2. The number of rotatable bonds is 8. The van der Waals surface area contributed by atoms with E-state index in [0.717, 1.165) is 32.8 Å². The molecule has 0 aromatic carbocycles. The monoisotopic (exact) mass is 263 g/mol. The van der Waals surface area contributed by atoms with E-state index in [2.05, 4.69) is 4.90 Å². The van der Waals surface area contributed by atoms with Gasteiger partial charge in [0.25, 0.3) is 0 Å². The van der Waals surface area contributed by atoms with Gasteiger partial charge in [0, 0.05) is 39.8 Å². The summed E-state index contributed by atoms with van der Waals surface area (Å²) in [4.78, 5) is 2.38. The number of nitrogens with zero attached hydrogens (tertiary/aromatic N) is 1.